The van der Waals surface area contributed by atoms with Crippen LogP contribution < -0.4 is 20.7 Å². The Balaban J connectivity index is 1.62. The van der Waals surface area contributed by atoms with Crippen LogP contribution in [0, 0.1) is 5.92 Å². The highest BCUT2D eigenvalue weighted by atomic mass is 79.9. The lowest BCUT2D eigenvalue weighted by Gasteiger charge is -2.31. The van der Waals surface area contributed by atoms with Gasteiger partial charge >= 0.3 is 11.9 Å². The van der Waals surface area contributed by atoms with Gasteiger partial charge in [-0.05, 0) is 83.7 Å². The number of halogens is 2. The summed E-state index contributed by atoms with van der Waals surface area (Å²) in [6.45, 7) is 0.954. The molecule has 1 saturated heterocycles. The molecule has 1 fully saturated rings. The fraction of sp³-hybridized carbons (Fsp3) is 0.269. The Morgan fingerprint density at radius 3 is 2.50 bits per heavy atom. The van der Waals surface area contributed by atoms with E-state index in [4.69, 9.17) is 21.4 Å². The summed E-state index contributed by atoms with van der Waals surface area (Å²) in [5.74, 6) is -2.57. The van der Waals surface area contributed by atoms with E-state index in [1.807, 2.05) is 12.1 Å². The second kappa shape index (κ2) is 12.6. The summed E-state index contributed by atoms with van der Waals surface area (Å²) in [6, 6.07) is 13.7. The van der Waals surface area contributed by atoms with Crippen molar-refractivity contribution in [3.63, 3.8) is 0 Å². The number of benzene rings is 2. The molecule has 0 radical (unpaired) electrons. The van der Waals surface area contributed by atoms with E-state index in [-0.39, 0.29) is 22.5 Å². The average Bonchev–Trinajstić information content (AvgIpc) is 3.23. The van der Waals surface area contributed by atoms with Gasteiger partial charge in [0.2, 0.25) is 5.91 Å². The molecule has 1 aliphatic rings. The summed E-state index contributed by atoms with van der Waals surface area (Å²) in [4.78, 5) is 36.6. The van der Waals surface area contributed by atoms with Crippen molar-refractivity contribution in [3.05, 3.63) is 62.9 Å². The van der Waals surface area contributed by atoms with Crippen LogP contribution in [0.3, 0.4) is 0 Å². The molecule has 38 heavy (non-hydrogen) atoms. The summed E-state index contributed by atoms with van der Waals surface area (Å²) in [5.41, 5.74) is 1.96. The minimum absolute atomic E-state index is 0.0354. The van der Waals surface area contributed by atoms with Gasteiger partial charge < -0.3 is 30.9 Å². The SMILES string of the molecule is O=C(O)COc1c(C(=O)O)sc(-c2cccc(NC(C(=O)Nc3cccc(Cl)c3)C3CCNCC3)c2)c1Br. The first kappa shape index (κ1) is 27.9. The van der Waals surface area contributed by atoms with Crippen molar-refractivity contribution in [2.45, 2.75) is 18.9 Å². The van der Waals surface area contributed by atoms with Crippen molar-refractivity contribution in [1.82, 2.24) is 5.32 Å². The Morgan fingerprint density at radius 2 is 1.82 bits per heavy atom. The number of rotatable bonds is 10. The van der Waals surface area contributed by atoms with Crippen LogP contribution in [0.1, 0.15) is 22.5 Å². The molecule has 1 unspecified atom stereocenters. The van der Waals surface area contributed by atoms with Gasteiger partial charge in [-0.15, -0.1) is 11.3 Å². The van der Waals surface area contributed by atoms with Crippen molar-refractivity contribution in [2.75, 3.05) is 30.3 Å². The molecule has 4 rings (SSSR count). The third-order valence-electron chi connectivity index (χ3n) is 6.02. The molecule has 0 bridgehead atoms. The largest absolute Gasteiger partial charge is 0.479 e. The number of carbonyl (C=O) groups excluding carboxylic acids is 1. The van der Waals surface area contributed by atoms with Crippen LogP contribution in [0.5, 0.6) is 5.75 Å². The summed E-state index contributed by atoms with van der Waals surface area (Å²) < 4.78 is 5.62. The number of hydrogen-bond acceptors (Lipinski definition) is 7. The molecule has 3 aromatic rings. The Hall–Kier alpha value is -3.12. The number of carboxylic acid groups (broad SMARTS) is 2. The molecule has 12 heteroatoms. The number of nitrogens with one attached hydrogen (secondary N) is 3. The number of aliphatic carboxylic acids is 1. The van der Waals surface area contributed by atoms with Gasteiger partial charge in [-0.3, -0.25) is 4.79 Å². The van der Waals surface area contributed by atoms with Crippen LogP contribution in [0.4, 0.5) is 11.4 Å². The maximum absolute atomic E-state index is 13.4. The number of hydrogen-bond donors (Lipinski definition) is 5. The predicted octanol–water partition coefficient (Wildman–Crippen LogP) is 5.41. The molecule has 200 valence electrons. The van der Waals surface area contributed by atoms with E-state index in [1.165, 1.54) is 0 Å². The number of thiophene rings is 1. The number of anilines is 2. The van der Waals surface area contributed by atoms with Gasteiger partial charge in [0.25, 0.3) is 0 Å². The molecule has 0 saturated carbocycles. The average molecular weight is 623 g/mol. The van der Waals surface area contributed by atoms with Crippen molar-refractivity contribution < 1.29 is 29.3 Å². The van der Waals surface area contributed by atoms with Gasteiger partial charge in [-0.1, -0.05) is 29.8 Å². The van der Waals surface area contributed by atoms with Gasteiger partial charge in [-0.25, -0.2) is 9.59 Å². The molecule has 0 spiro atoms. The normalized spacial score (nSPS) is 14.5. The van der Waals surface area contributed by atoms with Crippen molar-refractivity contribution in [3.8, 4) is 16.2 Å². The van der Waals surface area contributed by atoms with Gasteiger partial charge in [0.1, 0.15) is 6.04 Å². The van der Waals surface area contributed by atoms with Gasteiger partial charge in [0.05, 0.1) is 9.35 Å². The van der Waals surface area contributed by atoms with Crippen LogP contribution in [-0.4, -0.2) is 53.8 Å². The predicted molar refractivity (Wildman–Crippen MR) is 151 cm³/mol. The number of carboxylic acids is 2. The van der Waals surface area contributed by atoms with E-state index in [1.54, 1.807) is 36.4 Å². The zero-order chi connectivity index (χ0) is 27.2. The lowest BCUT2D eigenvalue weighted by atomic mass is 9.89. The number of ether oxygens (including phenoxy) is 1. The zero-order valence-corrected chi connectivity index (χ0v) is 23.2. The molecule has 1 amide bonds. The lowest BCUT2D eigenvalue weighted by molar-refractivity contribution is -0.139. The van der Waals surface area contributed by atoms with Crippen LogP contribution in [0.25, 0.3) is 10.4 Å². The van der Waals surface area contributed by atoms with Crippen LogP contribution >= 0.6 is 38.9 Å². The molecular formula is C26H25BrClN3O6S. The quantitative estimate of drug-likeness (QED) is 0.202. The van der Waals surface area contributed by atoms with Gasteiger partial charge in [-0.2, -0.15) is 0 Å². The van der Waals surface area contributed by atoms with Crippen LogP contribution in [-0.2, 0) is 9.59 Å². The molecule has 9 nitrogen and oxygen atoms in total. The van der Waals surface area contributed by atoms with Gasteiger partial charge in [0.15, 0.2) is 17.2 Å². The van der Waals surface area contributed by atoms with E-state index in [9.17, 15) is 19.5 Å². The molecule has 2 heterocycles. The van der Waals surface area contributed by atoms with Crippen LogP contribution in [0.2, 0.25) is 5.02 Å². The highest BCUT2D eigenvalue weighted by Crippen LogP contribution is 2.46. The molecule has 5 N–H and O–H groups in total. The van der Waals surface area contributed by atoms with E-state index in [0.29, 0.717) is 31.3 Å². The first-order valence-electron chi connectivity index (χ1n) is 11.8. The second-order valence-corrected chi connectivity index (χ2v) is 10.9. The number of aromatic carboxylic acids is 1. The van der Waals surface area contributed by atoms with Crippen molar-refractivity contribution in [1.29, 1.82) is 0 Å². The van der Waals surface area contributed by atoms with Crippen molar-refractivity contribution >= 4 is 68.1 Å². The molecule has 2 aromatic carbocycles. The number of carbonyl (C=O) groups is 3. The Bertz CT molecular complexity index is 1340. The molecule has 1 atom stereocenters. The Labute approximate surface area is 236 Å². The van der Waals surface area contributed by atoms with Crippen LogP contribution in [0.15, 0.2) is 53.0 Å². The smallest absolute Gasteiger partial charge is 0.349 e. The molecular weight excluding hydrogens is 598 g/mol. The first-order valence-corrected chi connectivity index (χ1v) is 13.8. The lowest BCUT2D eigenvalue weighted by Crippen LogP contribution is -2.45. The minimum atomic E-state index is -1.22. The maximum atomic E-state index is 13.4. The molecule has 1 aromatic heterocycles. The Morgan fingerprint density at radius 1 is 1.11 bits per heavy atom. The minimum Gasteiger partial charge on any atom is -0.479 e. The topological polar surface area (TPSA) is 137 Å². The molecule has 1 aliphatic heterocycles. The second-order valence-electron chi connectivity index (χ2n) is 8.68. The first-order chi connectivity index (χ1) is 18.2. The fourth-order valence-corrected chi connectivity index (χ4v) is 6.35. The van der Waals surface area contributed by atoms with E-state index in [2.05, 4.69) is 31.9 Å². The Kier molecular flexibility index (Phi) is 9.26. The van der Waals surface area contributed by atoms with E-state index >= 15 is 0 Å². The highest BCUT2D eigenvalue weighted by molar-refractivity contribution is 9.10. The fourth-order valence-electron chi connectivity index (χ4n) is 4.28. The highest BCUT2D eigenvalue weighted by Gasteiger charge is 2.30. The summed E-state index contributed by atoms with van der Waals surface area (Å²) in [5, 5.41) is 28.8. The summed E-state index contributed by atoms with van der Waals surface area (Å²) in [6.07, 6.45) is 1.64. The third-order valence-corrected chi connectivity index (χ3v) is 8.48. The van der Waals surface area contributed by atoms with E-state index in [0.717, 1.165) is 37.3 Å². The maximum Gasteiger partial charge on any atom is 0.349 e. The number of piperidine rings is 1. The summed E-state index contributed by atoms with van der Waals surface area (Å²) in [7, 11) is 0. The number of amides is 1. The monoisotopic (exact) mass is 621 g/mol. The van der Waals surface area contributed by atoms with Gasteiger partial charge in [0, 0.05) is 16.4 Å². The third kappa shape index (κ3) is 6.84. The summed E-state index contributed by atoms with van der Waals surface area (Å²) >= 11 is 10.4. The molecule has 0 aliphatic carbocycles. The van der Waals surface area contributed by atoms with E-state index < -0.39 is 24.6 Å². The standard InChI is InChI=1S/C26H25BrClN3O6S/c27-20-22(37-13-19(32)33)24(26(35)36)38-23(20)15-3-1-5-17(11-15)30-21(14-7-9-29-10-8-14)25(34)31-18-6-2-4-16(28)12-18/h1-6,11-12,14,21,29-30H,7-10,13H2,(H,31,34)(H,32,33)(H,35,36). The zero-order valence-electron chi connectivity index (χ0n) is 20.0. The van der Waals surface area contributed by atoms with Crippen molar-refractivity contribution in [2.24, 2.45) is 5.92 Å².